The number of rotatable bonds is 19. The molecule has 0 aliphatic rings. The molecule has 6 heteroatoms. The zero-order valence-corrected chi connectivity index (χ0v) is 24.8. The average Bonchev–Trinajstić information content (AvgIpc) is 2.98. The number of unbranched alkanes of at least 4 members (excludes halogenated alkanes) is 3. The first-order valence-electron chi connectivity index (χ1n) is 14.8. The minimum Gasteiger partial charge on any atom is -0.494 e. The number of benzene rings is 2. The third-order valence-corrected chi connectivity index (χ3v) is 6.47. The molecule has 0 aromatic heterocycles. The van der Waals surface area contributed by atoms with E-state index in [9.17, 15) is 0 Å². The van der Waals surface area contributed by atoms with Gasteiger partial charge in [0.15, 0.2) is 0 Å². The molecule has 0 atom stereocenters. The van der Waals surface area contributed by atoms with Crippen LogP contribution in [-0.4, -0.2) is 62.3 Å². The van der Waals surface area contributed by atoms with Crippen molar-refractivity contribution in [1.29, 1.82) is 10.5 Å². The van der Waals surface area contributed by atoms with E-state index >= 15 is 0 Å². The lowest BCUT2D eigenvalue weighted by atomic mass is 10.2. The van der Waals surface area contributed by atoms with Gasteiger partial charge in [0, 0.05) is 6.54 Å². The topological polar surface area (TPSA) is 72.5 Å². The van der Waals surface area contributed by atoms with Gasteiger partial charge < -0.3 is 19.3 Å². The number of nitriles is 2. The molecule has 0 aliphatic heterocycles. The number of nitrogens with zero attached hydrogens (tertiary/aromatic N) is 4. The molecule has 214 valence electrons. The largest absolute Gasteiger partial charge is 0.494 e. The Labute approximate surface area is 238 Å². The van der Waals surface area contributed by atoms with Gasteiger partial charge in [-0.25, -0.2) is 0 Å². The summed E-state index contributed by atoms with van der Waals surface area (Å²) in [5, 5.41) is 17.4. The molecule has 2 aromatic carbocycles. The molecule has 0 N–H and O–H groups in total. The van der Waals surface area contributed by atoms with Gasteiger partial charge in [0.1, 0.15) is 11.5 Å². The Balaban J connectivity index is 0.000000391. The van der Waals surface area contributed by atoms with E-state index < -0.39 is 0 Å². The van der Waals surface area contributed by atoms with Crippen LogP contribution in [0.3, 0.4) is 0 Å². The second kappa shape index (κ2) is 22.9. The molecule has 0 spiro atoms. The fourth-order valence-corrected chi connectivity index (χ4v) is 4.22. The number of hydrogen-bond acceptors (Lipinski definition) is 6. The average molecular weight is 535 g/mol. The van der Waals surface area contributed by atoms with Crippen molar-refractivity contribution in [3.63, 3.8) is 0 Å². The van der Waals surface area contributed by atoms with E-state index in [0.29, 0.717) is 11.1 Å². The molecule has 39 heavy (non-hydrogen) atoms. The van der Waals surface area contributed by atoms with Crippen molar-refractivity contribution in [2.24, 2.45) is 0 Å². The molecule has 0 bridgehead atoms. The Morgan fingerprint density at radius 3 is 1.41 bits per heavy atom. The van der Waals surface area contributed by atoms with Gasteiger partial charge in [0.25, 0.3) is 0 Å². The van der Waals surface area contributed by atoms with E-state index in [-0.39, 0.29) is 0 Å². The van der Waals surface area contributed by atoms with Gasteiger partial charge in [-0.1, -0.05) is 40.5 Å². The molecule has 0 fully saturated rings. The molecule has 6 nitrogen and oxygen atoms in total. The van der Waals surface area contributed by atoms with E-state index in [4.69, 9.17) is 20.0 Å². The first-order valence-corrected chi connectivity index (χ1v) is 14.8. The Hall–Kier alpha value is -3.06. The molecule has 0 unspecified atom stereocenters. The van der Waals surface area contributed by atoms with Crippen LogP contribution in [0.15, 0.2) is 48.5 Å². The van der Waals surface area contributed by atoms with Crippen LogP contribution in [0.5, 0.6) is 11.5 Å². The first kappa shape index (κ1) is 34.0. The van der Waals surface area contributed by atoms with E-state index in [1.165, 1.54) is 51.7 Å². The zero-order chi connectivity index (χ0) is 28.6. The van der Waals surface area contributed by atoms with Gasteiger partial charge in [-0.15, -0.1) is 0 Å². The molecule has 0 heterocycles. The van der Waals surface area contributed by atoms with E-state index in [1.54, 1.807) is 24.3 Å². The van der Waals surface area contributed by atoms with Crippen LogP contribution in [-0.2, 0) is 0 Å². The molecule has 0 aliphatic carbocycles. The Morgan fingerprint density at radius 1 is 0.538 bits per heavy atom. The first-order chi connectivity index (χ1) is 19.1. The fraction of sp³-hybridized carbons (Fsp3) is 0.576. The zero-order valence-electron chi connectivity index (χ0n) is 24.8. The predicted molar refractivity (Wildman–Crippen MR) is 161 cm³/mol. The molecular weight excluding hydrogens is 484 g/mol. The van der Waals surface area contributed by atoms with Gasteiger partial charge in [-0.2, -0.15) is 10.5 Å². The normalized spacial score (nSPS) is 10.5. The lowest BCUT2D eigenvalue weighted by molar-refractivity contribution is 0.234. The van der Waals surface area contributed by atoms with Crippen LogP contribution in [0, 0.1) is 22.7 Å². The van der Waals surface area contributed by atoms with Crippen molar-refractivity contribution in [3.8, 4) is 23.6 Å². The molecule has 2 rings (SSSR count). The number of ether oxygens (including phenoxy) is 2. The molecule has 0 amide bonds. The summed E-state index contributed by atoms with van der Waals surface area (Å²) in [6.45, 7) is 17.3. The van der Waals surface area contributed by atoms with Gasteiger partial charge in [-0.05, 0) is 113 Å². The van der Waals surface area contributed by atoms with Crippen LogP contribution < -0.4 is 9.47 Å². The summed E-state index contributed by atoms with van der Waals surface area (Å²) < 4.78 is 11.3. The van der Waals surface area contributed by atoms with E-state index in [0.717, 1.165) is 57.2 Å². The van der Waals surface area contributed by atoms with Crippen LogP contribution in [0.4, 0.5) is 0 Å². The van der Waals surface area contributed by atoms with Gasteiger partial charge in [-0.3, -0.25) is 0 Å². The smallest absolute Gasteiger partial charge is 0.119 e. The minimum absolute atomic E-state index is 0.671. The summed E-state index contributed by atoms with van der Waals surface area (Å²) >= 11 is 0. The third-order valence-electron chi connectivity index (χ3n) is 6.47. The minimum atomic E-state index is 0.671. The second-order valence-corrected chi connectivity index (χ2v) is 9.61. The lowest BCUT2D eigenvalue weighted by Gasteiger charge is -2.20. The summed E-state index contributed by atoms with van der Waals surface area (Å²) in [5.74, 6) is 1.70. The number of hydrogen-bond donors (Lipinski definition) is 0. The lowest BCUT2D eigenvalue weighted by Crippen LogP contribution is -2.27. The maximum Gasteiger partial charge on any atom is 0.119 e. The SMILES string of the molecule is CCCN(CCC)CCCOc1ccc(C#N)cc1.CCN(CC)CCCCCCOc1ccc(C#N)cc1. The summed E-state index contributed by atoms with van der Waals surface area (Å²) in [6, 6.07) is 18.8. The summed E-state index contributed by atoms with van der Waals surface area (Å²) in [5.41, 5.74) is 1.35. The van der Waals surface area contributed by atoms with Gasteiger partial charge in [0.2, 0.25) is 0 Å². The maximum absolute atomic E-state index is 8.71. The maximum atomic E-state index is 8.71. The molecule has 0 saturated carbocycles. The molecular formula is C33H50N4O2. The molecule has 2 aromatic rings. The van der Waals surface area contributed by atoms with Crippen LogP contribution in [0.25, 0.3) is 0 Å². The Kier molecular flexibility index (Phi) is 19.9. The quantitative estimate of drug-likeness (QED) is 0.176. The van der Waals surface area contributed by atoms with Crippen molar-refractivity contribution >= 4 is 0 Å². The fourth-order valence-electron chi connectivity index (χ4n) is 4.22. The predicted octanol–water partition coefficient (Wildman–Crippen LogP) is 7.29. The van der Waals surface area contributed by atoms with Crippen molar-refractivity contribution in [3.05, 3.63) is 59.7 Å². The van der Waals surface area contributed by atoms with Crippen LogP contribution >= 0.6 is 0 Å². The van der Waals surface area contributed by atoms with Crippen molar-refractivity contribution < 1.29 is 9.47 Å². The molecule has 0 radical (unpaired) electrons. The van der Waals surface area contributed by atoms with Crippen molar-refractivity contribution in [2.45, 2.75) is 72.6 Å². The molecule has 0 saturated heterocycles. The van der Waals surface area contributed by atoms with Gasteiger partial charge >= 0.3 is 0 Å². The second-order valence-electron chi connectivity index (χ2n) is 9.61. The van der Waals surface area contributed by atoms with Crippen molar-refractivity contribution in [2.75, 3.05) is 52.5 Å². The monoisotopic (exact) mass is 534 g/mol. The highest BCUT2D eigenvalue weighted by atomic mass is 16.5. The van der Waals surface area contributed by atoms with Crippen LogP contribution in [0.1, 0.15) is 83.8 Å². The highest BCUT2D eigenvalue weighted by Gasteiger charge is 2.02. The highest BCUT2D eigenvalue weighted by molar-refractivity contribution is 5.35. The van der Waals surface area contributed by atoms with Gasteiger partial charge in [0.05, 0.1) is 36.5 Å². The summed E-state index contributed by atoms with van der Waals surface area (Å²) in [7, 11) is 0. The standard InChI is InChI=1S/C17H26N2O.C16H24N2O/c1-3-19(4-2)13-7-5-6-8-14-20-17-11-9-16(15-18)10-12-17;1-3-10-18(11-4-2)12-5-13-19-16-8-6-15(14-17)7-9-16/h9-12H,3-8,13-14H2,1-2H3;6-9H,3-5,10-13H2,1-2H3. The van der Waals surface area contributed by atoms with E-state index in [2.05, 4.69) is 49.6 Å². The third kappa shape index (κ3) is 16.5. The summed E-state index contributed by atoms with van der Waals surface area (Å²) in [6.07, 6.45) is 8.31. The van der Waals surface area contributed by atoms with Crippen LogP contribution in [0.2, 0.25) is 0 Å². The Morgan fingerprint density at radius 2 is 0.974 bits per heavy atom. The Bertz CT molecular complexity index is 922. The van der Waals surface area contributed by atoms with Crippen molar-refractivity contribution in [1.82, 2.24) is 9.80 Å². The summed E-state index contributed by atoms with van der Waals surface area (Å²) in [4.78, 5) is 4.95. The van der Waals surface area contributed by atoms with E-state index in [1.807, 2.05) is 24.3 Å². The highest BCUT2D eigenvalue weighted by Crippen LogP contribution is 2.13.